The first-order valence-electron chi connectivity index (χ1n) is 5.60. The van der Waals surface area contributed by atoms with Gasteiger partial charge in [-0.1, -0.05) is 0 Å². The highest BCUT2D eigenvalue weighted by molar-refractivity contribution is 6.02. The lowest BCUT2D eigenvalue weighted by atomic mass is 10.2. The van der Waals surface area contributed by atoms with Crippen LogP contribution in [0.3, 0.4) is 0 Å². The Labute approximate surface area is 113 Å². The zero-order chi connectivity index (χ0) is 14.7. The minimum absolute atomic E-state index is 0.0818. The first kappa shape index (κ1) is 13.6. The van der Waals surface area contributed by atoms with Crippen LogP contribution in [0.15, 0.2) is 30.6 Å². The monoisotopic (exact) mass is 275 g/mol. The Balaban J connectivity index is 2.18. The molecule has 102 valence electrons. The Kier molecular flexibility index (Phi) is 3.69. The Morgan fingerprint density at radius 2 is 2.00 bits per heavy atom. The van der Waals surface area contributed by atoms with E-state index < -0.39 is 23.3 Å². The van der Waals surface area contributed by atoms with Crippen LogP contribution >= 0.6 is 0 Å². The molecule has 0 aliphatic carbocycles. The lowest BCUT2D eigenvalue weighted by molar-refractivity contribution is 0.0692. The van der Waals surface area contributed by atoms with Crippen molar-refractivity contribution in [3.63, 3.8) is 0 Å². The van der Waals surface area contributed by atoms with Crippen LogP contribution in [0, 0.1) is 12.7 Å². The summed E-state index contributed by atoms with van der Waals surface area (Å²) in [5.41, 5.74) is 0.426. The molecule has 0 radical (unpaired) electrons. The fourth-order valence-corrected chi connectivity index (χ4v) is 1.47. The number of aromatic carboxylic acids is 1. The van der Waals surface area contributed by atoms with Gasteiger partial charge < -0.3 is 10.4 Å². The van der Waals surface area contributed by atoms with Gasteiger partial charge in [-0.3, -0.25) is 9.78 Å². The van der Waals surface area contributed by atoms with Gasteiger partial charge in [-0.2, -0.15) is 0 Å². The molecule has 7 heteroatoms. The van der Waals surface area contributed by atoms with Gasteiger partial charge in [0.25, 0.3) is 5.91 Å². The van der Waals surface area contributed by atoms with Crippen LogP contribution in [0.2, 0.25) is 0 Å². The van der Waals surface area contributed by atoms with Crippen LogP contribution < -0.4 is 5.32 Å². The van der Waals surface area contributed by atoms with E-state index in [2.05, 4.69) is 15.3 Å². The number of nitrogens with zero attached hydrogens (tertiary/aromatic N) is 2. The predicted molar refractivity (Wildman–Crippen MR) is 68.1 cm³/mol. The number of carbonyl (C=O) groups is 2. The highest BCUT2D eigenvalue weighted by Crippen LogP contribution is 2.15. The van der Waals surface area contributed by atoms with Crippen molar-refractivity contribution in [3.8, 4) is 0 Å². The second kappa shape index (κ2) is 5.43. The molecule has 1 amide bonds. The predicted octanol–water partition coefficient (Wildman–Crippen LogP) is 1.87. The SMILES string of the molecule is Cc1cnc(C(=O)Nc2ccc(C(=O)O)c(F)c2)cn1. The number of halogens is 1. The van der Waals surface area contributed by atoms with Crippen molar-refractivity contribution in [3.05, 3.63) is 53.4 Å². The Bertz CT molecular complexity index is 671. The summed E-state index contributed by atoms with van der Waals surface area (Å²) >= 11 is 0. The van der Waals surface area contributed by atoms with Gasteiger partial charge in [-0.25, -0.2) is 14.2 Å². The van der Waals surface area contributed by atoms with Crippen molar-refractivity contribution in [2.45, 2.75) is 6.92 Å². The average Bonchev–Trinajstić information content (AvgIpc) is 2.39. The van der Waals surface area contributed by atoms with E-state index in [1.165, 1.54) is 18.5 Å². The summed E-state index contributed by atoms with van der Waals surface area (Å²) in [6.45, 7) is 1.73. The van der Waals surface area contributed by atoms with Gasteiger partial charge in [0.05, 0.1) is 17.5 Å². The van der Waals surface area contributed by atoms with E-state index in [1.807, 2.05) is 0 Å². The van der Waals surface area contributed by atoms with Crippen LogP contribution in [0.25, 0.3) is 0 Å². The third-order valence-corrected chi connectivity index (χ3v) is 2.47. The number of amides is 1. The van der Waals surface area contributed by atoms with Crippen molar-refractivity contribution in [2.24, 2.45) is 0 Å². The number of hydrogen-bond donors (Lipinski definition) is 2. The molecule has 1 aromatic carbocycles. The summed E-state index contributed by atoms with van der Waals surface area (Å²) in [5.74, 6) is -2.85. The number of nitrogens with one attached hydrogen (secondary N) is 1. The number of rotatable bonds is 3. The molecule has 0 saturated carbocycles. The molecular formula is C13H10FN3O3. The maximum absolute atomic E-state index is 13.4. The molecule has 1 heterocycles. The average molecular weight is 275 g/mol. The molecule has 20 heavy (non-hydrogen) atoms. The molecule has 0 aliphatic rings. The van der Waals surface area contributed by atoms with Gasteiger partial charge in [-0.05, 0) is 25.1 Å². The van der Waals surface area contributed by atoms with E-state index in [1.54, 1.807) is 6.92 Å². The molecule has 2 aromatic rings. The highest BCUT2D eigenvalue weighted by Gasteiger charge is 2.13. The standard InChI is InChI=1S/C13H10FN3O3/c1-7-5-16-11(6-15-7)12(18)17-8-2-3-9(13(19)20)10(14)4-8/h2-6H,1H3,(H,17,18)(H,19,20). The van der Waals surface area contributed by atoms with Crippen molar-refractivity contribution in [1.82, 2.24) is 9.97 Å². The summed E-state index contributed by atoms with van der Waals surface area (Å²) in [5, 5.41) is 11.1. The Morgan fingerprint density at radius 3 is 2.55 bits per heavy atom. The number of carboxylic acid groups (broad SMARTS) is 1. The number of aryl methyl sites for hydroxylation is 1. The second-order valence-electron chi connectivity index (χ2n) is 4.00. The quantitative estimate of drug-likeness (QED) is 0.892. The smallest absolute Gasteiger partial charge is 0.338 e. The van der Waals surface area contributed by atoms with Gasteiger partial charge in [0.15, 0.2) is 0 Å². The molecule has 0 unspecified atom stereocenters. The lowest BCUT2D eigenvalue weighted by Crippen LogP contribution is -2.14. The van der Waals surface area contributed by atoms with Crippen LogP contribution in [-0.2, 0) is 0 Å². The van der Waals surface area contributed by atoms with Crippen molar-refractivity contribution in [2.75, 3.05) is 5.32 Å². The third-order valence-electron chi connectivity index (χ3n) is 2.47. The number of benzene rings is 1. The zero-order valence-corrected chi connectivity index (χ0v) is 10.4. The van der Waals surface area contributed by atoms with E-state index in [0.717, 1.165) is 12.1 Å². The molecule has 1 aromatic heterocycles. The Hall–Kier alpha value is -2.83. The molecule has 0 bridgehead atoms. The van der Waals surface area contributed by atoms with Gasteiger partial charge >= 0.3 is 5.97 Å². The minimum Gasteiger partial charge on any atom is -0.478 e. The van der Waals surface area contributed by atoms with E-state index in [9.17, 15) is 14.0 Å². The summed E-state index contributed by atoms with van der Waals surface area (Å²) in [4.78, 5) is 30.3. The van der Waals surface area contributed by atoms with Gasteiger partial charge in [0, 0.05) is 11.9 Å². The molecular weight excluding hydrogens is 265 g/mol. The van der Waals surface area contributed by atoms with Crippen LogP contribution in [0.1, 0.15) is 26.5 Å². The minimum atomic E-state index is -1.37. The Morgan fingerprint density at radius 1 is 1.25 bits per heavy atom. The third kappa shape index (κ3) is 2.94. The van der Waals surface area contributed by atoms with Crippen LogP contribution in [0.4, 0.5) is 10.1 Å². The summed E-state index contributed by atoms with van der Waals surface area (Å²) in [7, 11) is 0. The summed E-state index contributed by atoms with van der Waals surface area (Å²) < 4.78 is 13.4. The largest absolute Gasteiger partial charge is 0.478 e. The zero-order valence-electron chi connectivity index (χ0n) is 10.4. The molecule has 2 N–H and O–H groups in total. The maximum Gasteiger partial charge on any atom is 0.338 e. The summed E-state index contributed by atoms with van der Waals surface area (Å²) in [6, 6.07) is 3.31. The molecule has 0 aliphatic heterocycles. The maximum atomic E-state index is 13.4. The molecule has 0 spiro atoms. The highest BCUT2D eigenvalue weighted by atomic mass is 19.1. The molecule has 2 rings (SSSR count). The first-order chi connectivity index (χ1) is 9.47. The van der Waals surface area contributed by atoms with E-state index in [0.29, 0.717) is 5.69 Å². The van der Waals surface area contributed by atoms with E-state index in [-0.39, 0.29) is 11.4 Å². The van der Waals surface area contributed by atoms with E-state index in [4.69, 9.17) is 5.11 Å². The fourth-order valence-electron chi connectivity index (χ4n) is 1.47. The molecule has 6 nitrogen and oxygen atoms in total. The lowest BCUT2D eigenvalue weighted by Gasteiger charge is -2.06. The molecule has 0 saturated heterocycles. The van der Waals surface area contributed by atoms with E-state index >= 15 is 0 Å². The molecule has 0 atom stereocenters. The van der Waals surface area contributed by atoms with Crippen LogP contribution in [0.5, 0.6) is 0 Å². The first-order valence-corrected chi connectivity index (χ1v) is 5.60. The van der Waals surface area contributed by atoms with Gasteiger partial charge in [-0.15, -0.1) is 0 Å². The van der Waals surface area contributed by atoms with Crippen LogP contribution in [-0.4, -0.2) is 27.0 Å². The topological polar surface area (TPSA) is 92.2 Å². The van der Waals surface area contributed by atoms with Crippen molar-refractivity contribution in [1.29, 1.82) is 0 Å². The van der Waals surface area contributed by atoms with Gasteiger partial charge in [0.1, 0.15) is 11.5 Å². The molecule has 0 fully saturated rings. The number of carboxylic acids is 1. The second-order valence-corrected chi connectivity index (χ2v) is 4.00. The number of aromatic nitrogens is 2. The normalized spacial score (nSPS) is 10.1. The fraction of sp³-hybridized carbons (Fsp3) is 0.0769. The van der Waals surface area contributed by atoms with Gasteiger partial charge in [0.2, 0.25) is 0 Å². The summed E-state index contributed by atoms with van der Waals surface area (Å²) in [6.07, 6.45) is 2.73. The van der Waals surface area contributed by atoms with Crippen molar-refractivity contribution < 1.29 is 19.1 Å². The van der Waals surface area contributed by atoms with Crippen molar-refractivity contribution >= 4 is 17.6 Å². The number of carbonyl (C=O) groups excluding carboxylic acids is 1. The number of hydrogen-bond acceptors (Lipinski definition) is 4. The number of anilines is 1.